The van der Waals surface area contributed by atoms with Gasteiger partial charge < -0.3 is 10.4 Å². The van der Waals surface area contributed by atoms with Crippen LogP contribution in [-0.2, 0) is 9.59 Å². The smallest absolute Gasteiger partial charge is 0.409 e. The highest BCUT2D eigenvalue weighted by molar-refractivity contribution is 5.86. The van der Waals surface area contributed by atoms with Crippen LogP contribution in [0.5, 0.6) is 0 Å². The highest BCUT2D eigenvalue weighted by Crippen LogP contribution is 2.39. The maximum Gasteiger partial charge on any atom is 0.409 e. The van der Waals surface area contributed by atoms with Crippen molar-refractivity contribution >= 4 is 11.9 Å². The number of carbonyl (C=O) groups is 2. The van der Waals surface area contributed by atoms with Gasteiger partial charge in [0.1, 0.15) is 6.04 Å². The fourth-order valence-corrected chi connectivity index (χ4v) is 1.40. The SMILES string of the molecule is CCC(C)C(NC(=O)C(C(F)(F)F)C(F)(F)F)C(=O)O. The zero-order valence-corrected chi connectivity index (χ0v) is 10.5. The Kier molecular flexibility index (Phi) is 5.85. The number of alkyl halides is 6. The van der Waals surface area contributed by atoms with Gasteiger partial charge in [-0.05, 0) is 5.92 Å². The molecule has 0 bridgehead atoms. The summed E-state index contributed by atoms with van der Waals surface area (Å²) < 4.78 is 73.6. The number of hydrogen-bond acceptors (Lipinski definition) is 2. The molecule has 0 saturated heterocycles. The van der Waals surface area contributed by atoms with Crippen LogP contribution < -0.4 is 5.32 Å². The minimum Gasteiger partial charge on any atom is -0.480 e. The van der Waals surface area contributed by atoms with E-state index >= 15 is 0 Å². The lowest BCUT2D eigenvalue weighted by Gasteiger charge is -2.26. The Hall–Kier alpha value is -1.48. The second-order valence-corrected chi connectivity index (χ2v) is 4.23. The van der Waals surface area contributed by atoms with Crippen LogP contribution in [0.3, 0.4) is 0 Å². The van der Waals surface area contributed by atoms with Gasteiger partial charge in [0.15, 0.2) is 0 Å². The first kappa shape index (κ1) is 18.5. The van der Waals surface area contributed by atoms with Crippen LogP contribution in [0.2, 0.25) is 0 Å². The quantitative estimate of drug-likeness (QED) is 0.766. The minimum absolute atomic E-state index is 0.153. The summed E-state index contributed by atoms with van der Waals surface area (Å²) in [6, 6.07) is -1.82. The van der Waals surface area contributed by atoms with Crippen LogP contribution in [0.15, 0.2) is 0 Å². The highest BCUT2D eigenvalue weighted by Gasteiger charge is 2.61. The van der Waals surface area contributed by atoms with Crippen LogP contribution in [-0.4, -0.2) is 35.4 Å². The van der Waals surface area contributed by atoms with Gasteiger partial charge in [-0.15, -0.1) is 0 Å². The molecule has 2 N–H and O–H groups in total. The van der Waals surface area contributed by atoms with Crippen molar-refractivity contribution in [1.29, 1.82) is 0 Å². The van der Waals surface area contributed by atoms with E-state index in [9.17, 15) is 35.9 Å². The molecular formula is C10H13F6NO3. The number of halogens is 6. The predicted molar refractivity (Wildman–Crippen MR) is 54.6 cm³/mol. The molecule has 0 rings (SSSR count). The molecule has 1 amide bonds. The normalized spacial score (nSPS) is 15.8. The molecule has 4 nitrogen and oxygen atoms in total. The van der Waals surface area contributed by atoms with Gasteiger partial charge >= 0.3 is 18.3 Å². The van der Waals surface area contributed by atoms with Crippen molar-refractivity contribution in [3.63, 3.8) is 0 Å². The molecular weight excluding hydrogens is 296 g/mol. The maximum atomic E-state index is 12.3. The summed E-state index contributed by atoms with van der Waals surface area (Å²) in [5.74, 6) is -9.19. The average Bonchev–Trinajstić information content (AvgIpc) is 2.20. The van der Waals surface area contributed by atoms with Gasteiger partial charge in [-0.25, -0.2) is 4.79 Å². The highest BCUT2D eigenvalue weighted by atomic mass is 19.4. The molecule has 118 valence electrons. The van der Waals surface area contributed by atoms with Gasteiger partial charge in [-0.3, -0.25) is 4.79 Å². The number of carbonyl (C=O) groups excluding carboxylic acids is 1. The summed E-state index contributed by atoms with van der Waals surface area (Å²) >= 11 is 0. The first-order chi connectivity index (χ1) is 8.82. The molecule has 0 spiro atoms. The zero-order valence-electron chi connectivity index (χ0n) is 10.5. The fourth-order valence-electron chi connectivity index (χ4n) is 1.40. The lowest BCUT2D eigenvalue weighted by molar-refractivity contribution is -0.274. The van der Waals surface area contributed by atoms with E-state index in [0.29, 0.717) is 0 Å². The Bertz CT molecular complexity index is 351. The lowest BCUT2D eigenvalue weighted by Crippen LogP contribution is -2.53. The fraction of sp³-hybridized carbons (Fsp3) is 0.800. The standard InChI is InChI=1S/C10H13F6NO3/c1-3-4(2)5(8(19)20)17-7(18)6(9(11,12)13)10(14,15)16/h4-6H,3H2,1-2H3,(H,17,18)(H,19,20). The second kappa shape index (κ2) is 6.31. The summed E-state index contributed by atoms with van der Waals surface area (Å²) in [6.07, 6.45) is -11.5. The molecule has 0 aromatic heterocycles. The number of aliphatic carboxylic acids is 1. The molecule has 0 aromatic carbocycles. The van der Waals surface area contributed by atoms with Gasteiger partial charge in [0.25, 0.3) is 0 Å². The Morgan fingerprint density at radius 2 is 1.50 bits per heavy atom. The van der Waals surface area contributed by atoms with Crippen molar-refractivity contribution in [2.75, 3.05) is 0 Å². The third kappa shape index (κ3) is 4.89. The predicted octanol–water partition coefficient (Wildman–Crippen LogP) is 2.34. The second-order valence-electron chi connectivity index (χ2n) is 4.23. The largest absolute Gasteiger partial charge is 0.480 e. The molecule has 0 fully saturated rings. The molecule has 0 aliphatic rings. The Morgan fingerprint density at radius 1 is 1.10 bits per heavy atom. The number of amides is 1. The lowest BCUT2D eigenvalue weighted by atomic mass is 9.98. The van der Waals surface area contributed by atoms with Crippen molar-refractivity contribution in [3.05, 3.63) is 0 Å². The van der Waals surface area contributed by atoms with Gasteiger partial charge in [0, 0.05) is 0 Å². The Balaban J connectivity index is 5.25. The Morgan fingerprint density at radius 3 is 1.75 bits per heavy atom. The van der Waals surface area contributed by atoms with Crippen molar-refractivity contribution in [2.45, 2.75) is 38.7 Å². The van der Waals surface area contributed by atoms with Crippen LogP contribution in [0.1, 0.15) is 20.3 Å². The monoisotopic (exact) mass is 309 g/mol. The first-order valence-electron chi connectivity index (χ1n) is 5.49. The number of hydrogen-bond donors (Lipinski definition) is 2. The minimum atomic E-state index is -5.85. The van der Waals surface area contributed by atoms with E-state index < -0.39 is 42.1 Å². The molecule has 20 heavy (non-hydrogen) atoms. The molecule has 0 heterocycles. The van der Waals surface area contributed by atoms with Crippen molar-refractivity contribution in [3.8, 4) is 0 Å². The third-order valence-corrected chi connectivity index (χ3v) is 2.69. The van der Waals surface area contributed by atoms with E-state index in [1.807, 2.05) is 0 Å². The van der Waals surface area contributed by atoms with Crippen LogP contribution in [0.25, 0.3) is 0 Å². The molecule has 0 aromatic rings. The van der Waals surface area contributed by atoms with Crippen molar-refractivity contribution in [1.82, 2.24) is 5.32 Å². The number of carboxylic acid groups (broad SMARTS) is 1. The first-order valence-corrected chi connectivity index (χ1v) is 5.49. The zero-order chi connectivity index (χ0) is 16.3. The molecule has 0 aliphatic heterocycles. The molecule has 10 heteroatoms. The maximum absolute atomic E-state index is 12.3. The molecule has 2 atom stereocenters. The summed E-state index contributed by atoms with van der Waals surface area (Å²) in [7, 11) is 0. The number of nitrogens with one attached hydrogen (secondary N) is 1. The van der Waals surface area contributed by atoms with E-state index in [-0.39, 0.29) is 6.42 Å². The third-order valence-electron chi connectivity index (χ3n) is 2.69. The van der Waals surface area contributed by atoms with Crippen molar-refractivity contribution in [2.24, 2.45) is 11.8 Å². The molecule has 0 radical (unpaired) electrons. The number of rotatable bonds is 5. The van der Waals surface area contributed by atoms with E-state index in [2.05, 4.69) is 0 Å². The van der Waals surface area contributed by atoms with Crippen LogP contribution in [0, 0.1) is 11.8 Å². The summed E-state index contributed by atoms with van der Waals surface area (Å²) in [5, 5.41) is 10.0. The molecule has 2 unspecified atom stereocenters. The van der Waals surface area contributed by atoms with E-state index in [1.165, 1.54) is 19.2 Å². The van der Waals surface area contributed by atoms with Gasteiger partial charge in [0.2, 0.25) is 11.8 Å². The molecule has 0 saturated carbocycles. The van der Waals surface area contributed by atoms with E-state index in [4.69, 9.17) is 5.11 Å². The average molecular weight is 309 g/mol. The van der Waals surface area contributed by atoms with E-state index in [0.717, 1.165) is 0 Å². The summed E-state index contributed by atoms with van der Waals surface area (Å²) in [6.45, 7) is 2.77. The number of carboxylic acids is 1. The summed E-state index contributed by atoms with van der Waals surface area (Å²) in [4.78, 5) is 21.9. The van der Waals surface area contributed by atoms with Crippen molar-refractivity contribution < 1.29 is 41.0 Å². The molecule has 0 aliphatic carbocycles. The Labute approximate surface area is 110 Å². The van der Waals surface area contributed by atoms with Gasteiger partial charge in [0.05, 0.1) is 0 Å². The van der Waals surface area contributed by atoms with E-state index in [1.54, 1.807) is 0 Å². The van der Waals surface area contributed by atoms with Crippen LogP contribution >= 0.6 is 0 Å². The van der Waals surface area contributed by atoms with Gasteiger partial charge in [-0.1, -0.05) is 20.3 Å². The summed E-state index contributed by atoms with van der Waals surface area (Å²) in [5.41, 5.74) is 0. The topological polar surface area (TPSA) is 66.4 Å². The van der Waals surface area contributed by atoms with Gasteiger partial charge in [-0.2, -0.15) is 26.3 Å². The van der Waals surface area contributed by atoms with Crippen LogP contribution in [0.4, 0.5) is 26.3 Å².